The molecule has 146 valence electrons. The van der Waals surface area contributed by atoms with E-state index >= 15 is 0 Å². The lowest BCUT2D eigenvalue weighted by atomic mass is 9.91. The van der Waals surface area contributed by atoms with E-state index in [0.717, 1.165) is 37.1 Å². The molecule has 0 aromatic carbocycles. The summed E-state index contributed by atoms with van der Waals surface area (Å²) < 4.78 is 1.91. The first kappa shape index (κ1) is 20.4. The molecular weight excluding hydrogens is 330 g/mol. The van der Waals surface area contributed by atoms with Gasteiger partial charge in [-0.3, -0.25) is 14.3 Å². The second-order valence-corrected chi connectivity index (χ2v) is 7.70. The topological polar surface area (TPSA) is 79.3 Å². The minimum Gasteiger partial charge on any atom is -0.353 e. The van der Waals surface area contributed by atoms with Gasteiger partial charge < -0.3 is 15.5 Å². The molecule has 0 spiro atoms. The fraction of sp³-hybridized carbons (Fsp3) is 0.737. The minimum atomic E-state index is 0.0480. The van der Waals surface area contributed by atoms with E-state index in [0.29, 0.717) is 19.5 Å². The molecule has 1 saturated carbocycles. The van der Waals surface area contributed by atoms with Crippen molar-refractivity contribution in [1.29, 1.82) is 0 Å². The Balaban J connectivity index is 1.77. The highest BCUT2D eigenvalue weighted by Gasteiger charge is 2.24. The Morgan fingerprint density at radius 3 is 2.27 bits per heavy atom. The van der Waals surface area contributed by atoms with Gasteiger partial charge in [-0.25, -0.2) is 0 Å². The van der Waals surface area contributed by atoms with Crippen molar-refractivity contribution >= 4 is 11.8 Å². The number of hydrogen-bond donors (Lipinski definition) is 2. The lowest BCUT2D eigenvalue weighted by Crippen LogP contribution is -2.47. The Morgan fingerprint density at radius 2 is 1.73 bits per heavy atom. The van der Waals surface area contributed by atoms with E-state index in [1.165, 1.54) is 5.56 Å². The van der Waals surface area contributed by atoms with Gasteiger partial charge in [0.1, 0.15) is 0 Å². The number of nitrogens with zero attached hydrogens (tertiary/aromatic N) is 3. The summed E-state index contributed by atoms with van der Waals surface area (Å²) in [6.45, 7) is 7.08. The average Bonchev–Trinajstić information content (AvgIpc) is 2.79. The maximum atomic E-state index is 12.3. The van der Waals surface area contributed by atoms with Gasteiger partial charge in [-0.1, -0.05) is 0 Å². The van der Waals surface area contributed by atoms with Crippen molar-refractivity contribution in [2.45, 2.75) is 71.5 Å². The van der Waals surface area contributed by atoms with Crippen molar-refractivity contribution < 1.29 is 9.59 Å². The fourth-order valence-electron chi connectivity index (χ4n) is 3.52. The number of carbonyl (C=O) groups excluding carboxylic acids is 2. The molecule has 2 N–H and O–H groups in total. The standard InChI is InChI=1S/C19H33N5O2/c1-13-14(2)22-24(15(13)3)10-9-18(25)20-16-7-6-8-17(11-16)21-19(26)12-23(4)5/h16-17H,6-12H2,1-5H3,(H,20,25)(H,21,26)/t16-,17-/m1/s1. The van der Waals surface area contributed by atoms with Crippen molar-refractivity contribution in [3.63, 3.8) is 0 Å². The fourth-order valence-corrected chi connectivity index (χ4v) is 3.52. The number of rotatable bonds is 7. The summed E-state index contributed by atoms with van der Waals surface area (Å²) in [5, 5.41) is 10.7. The van der Waals surface area contributed by atoms with Crippen LogP contribution in [0.2, 0.25) is 0 Å². The maximum absolute atomic E-state index is 12.3. The number of carbonyl (C=O) groups is 2. The molecule has 0 radical (unpaired) electrons. The van der Waals surface area contributed by atoms with Gasteiger partial charge in [-0.2, -0.15) is 5.10 Å². The van der Waals surface area contributed by atoms with Crippen LogP contribution in [0.1, 0.15) is 49.1 Å². The number of amides is 2. The predicted octanol–water partition coefficient (Wildman–Crippen LogP) is 1.30. The van der Waals surface area contributed by atoms with Crippen LogP contribution < -0.4 is 10.6 Å². The molecule has 2 atom stereocenters. The van der Waals surface area contributed by atoms with Crippen LogP contribution in [0.5, 0.6) is 0 Å². The SMILES string of the molecule is Cc1nn(CCC(=O)N[C@@H]2CCC[C@@H](NC(=O)CN(C)C)C2)c(C)c1C. The van der Waals surface area contributed by atoms with Crippen molar-refractivity contribution in [3.05, 3.63) is 17.0 Å². The minimum absolute atomic E-state index is 0.0480. The summed E-state index contributed by atoms with van der Waals surface area (Å²) in [6.07, 6.45) is 4.22. The largest absolute Gasteiger partial charge is 0.353 e. The predicted molar refractivity (Wildman–Crippen MR) is 102 cm³/mol. The van der Waals surface area contributed by atoms with Gasteiger partial charge in [0.25, 0.3) is 0 Å². The van der Waals surface area contributed by atoms with E-state index in [9.17, 15) is 9.59 Å². The maximum Gasteiger partial charge on any atom is 0.234 e. The quantitative estimate of drug-likeness (QED) is 0.765. The van der Waals surface area contributed by atoms with Gasteiger partial charge in [-0.05, 0) is 66.1 Å². The van der Waals surface area contributed by atoms with Crippen LogP contribution in [0, 0.1) is 20.8 Å². The number of aromatic nitrogens is 2. The van der Waals surface area contributed by atoms with E-state index in [-0.39, 0.29) is 23.9 Å². The van der Waals surface area contributed by atoms with E-state index in [1.54, 1.807) is 0 Å². The van der Waals surface area contributed by atoms with Gasteiger partial charge >= 0.3 is 0 Å². The van der Waals surface area contributed by atoms with Gasteiger partial charge in [0, 0.05) is 30.7 Å². The van der Waals surface area contributed by atoms with Crippen molar-refractivity contribution in [1.82, 2.24) is 25.3 Å². The summed E-state index contributed by atoms with van der Waals surface area (Å²) in [5.41, 5.74) is 3.33. The van der Waals surface area contributed by atoms with Crippen LogP contribution in [0.4, 0.5) is 0 Å². The van der Waals surface area contributed by atoms with Gasteiger partial charge in [-0.15, -0.1) is 0 Å². The monoisotopic (exact) mass is 363 g/mol. The first-order chi connectivity index (χ1) is 12.3. The molecule has 1 aliphatic carbocycles. The number of aryl methyl sites for hydroxylation is 2. The summed E-state index contributed by atoms with van der Waals surface area (Å²) >= 11 is 0. The van der Waals surface area contributed by atoms with Crippen LogP contribution in [0.25, 0.3) is 0 Å². The third-order valence-corrected chi connectivity index (χ3v) is 5.16. The zero-order chi connectivity index (χ0) is 19.3. The molecule has 2 amide bonds. The number of likely N-dealkylation sites (N-methyl/N-ethyl adjacent to an activating group) is 1. The Morgan fingerprint density at radius 1 is 1.12 bits per heavy atom. The normalized spacial score (nSPS) is 20.2. The van der Waals surface area contributed by atoms with Crippen molar-refractivity contribution in [2.75, 3.05) is 20.6 Å². The summed E-state index contributed by atoms with van der Waals surface area (Å²) in [5.74, 6) is 0.104. The molecule has 7 nitrogen and oxygen atoms in total. The Kier molecular flexibility index (Phi) is 7.20. The lowest BCUT2D eigenvalue weighted by Gasteiger charge is -2.30. The molecule has 26 heavy (non-hydrogen) atoms. The van der Waals surface area contributed by atoms with E-state index in [1.807, 2.05) is 37.5 Å². The molecule has 2 rings (SSSR count). The highest BCUT2D eigenvalue weighted by molar-refractivity contribution is 5.78. The van der Waals surface area contributed by atoms with E-state index in [2.05, 4.69) is 22.7 Å². The summed E-state index contributed by atoms with van der Waals surface area (Å²) in [4.78, 5) is 26.1. The summed E-state index contributed by atoms with van der Waals surface area (Å²) in [6, 6.07) is 0.295. The second kappa shape index (κ2) is 9.16. The molecule has 1 aromatic heterocycles. The molecule has 0 aliphatic heterocycles. The van der Waals surface area contributed by atoms with Crippen molar-refractivity contribution in [2.24, 2.45) is 0 Å². The van der Waals surface area contributed by atoms with Crippen molar-refractivity contribution in [3.8, 4) is 0 Å². The molecule has 1 aromatic rings. The zero-order valence-corrected chi connectivity index (χ0v) is 16.8. The van der Waals surface area contributed by atoms with E-state index < -0.39 is 0 Å². The molecule has 1 aliphatic rings. The Hall–Kier alpha value is -1.89. The first-order valence-electron chi connectivity index (χ1n) is 9.50. The zero-order valence-electron chi connectivity index (χ0n) is 16.8. The third-order valence-electron chi connectivity index (χ3n) is 5.16. The molecule has 0 unspecified atom stereocenters. The molecule has 1 heterocycles. The second-order valence-electron chi connectivity index (χ2n) is 7.70. The van der Waals surface area contributed by atoms with Crippen LogP contribution >= 0.6 is 0 Å². The number of hydrogen-bond acceptors (Lipinski definition) is 4. The van der Waals surface area contributed by atoms with Crippen LogP contribution in [-0.2, 0) is 16.1 Å². The molecular formula is C19H33N5O2. The molecule has 0 saturated heterocycles. The average molecular weight is 364 g/mol. The lowest BCUT2D eigenvalue weighted by molar-refractivity contribution is -0.122. The smallest absolute Gasteiger partial charge is 0.234 e. The first-order valence-corrected chi connectivity index (χ1v) is 9.50. The third kappa shape index (κ3) is 5.83. The molecule has 7 heteroatoms. The van der Waals surface area contributed by atoms with Crippen LogP contribution in [0.3, 0.4) is 0 Å². The van der Waals surface area contributed by atoms with E-state index in [4.69, 9.17) is 0 Å². The Bertz CT molecular complexity index is 638. The van der Waals surface area contributed by atoms with Crippen LogP contribution in [-0.4, -0.2) is 59.2 Å². The highest BCUT2D eigenvalue weighted by atomic mass is 16.2. The summed E-state index contributed by atoms with van der Waals surface area (Å²) in [7, 11) is 3.77. The Labute approximate surface area is 156 Å². The molecule has 0 bridgehead atoms. The van der Waals surface area contributed by atoms with Gasteiger partial charge in [0.05, 0.1) is 12.2 Å². The highest BCUT2D eigenvalue weighted by Crippen LogP contribution is 2.19. The van der Waals surface area contributed by atoms with Gasteiger partial charge in [0.15, 0.2) is 0 Å². The number of nitrogens with one attached hydrogen (secondary N) is 2. The van der Waals surface area contributed by atoms with Crippen LogP contribution in [0.15, 0.2) is 0 Å². The van der Waals surface area contributed by atoms with Gasteiger partial charge in [0.2, 0.25) is 11.8 Å². The molecule has 1 fully saturated rings.